The first-order chi connectivity index (χ1) is 8.96. The van der Waals surface area contributed by atoms with E-state index in [9.17, 15) is 4.79 Å². The van der Waals surface area contributed by atoms with Crippen LogP contribution in [0.1, 0.15) is 56.8 Å². The molecule has 106 valence electrons. The minimum atomic E-state index is -0.0332. The zero-order valence-corrected chi connectivity index (χ0v) is 13.1. The summed E-state index contributed by atoms with van der Waals surface area (Å²) in [5.41, 5.74) is 0.798. The molecule has 1 amide bonds. The van der Waals surface area contributed by atoms with Gasteiger partial charge in [-0.25, -0.2) is 0 Å². The van der Waals surface area contributed by atoms with Crippen LogP contribution in [0.5, 0.6) is 0 Å². The van der Waals surface area contributed by atoms with E-state index in [-0.39, 0.29) is 11.3 Å². The molecule has 0 aliphatic rings. The molecule has 0 unspecified atom stereocenters. The van der Waals surface area contributed by atoms with Gasteiger partial charge in [0.25, 0.3) is 5.91 Å². The number of thiol groups is 1. The van der Waals surface area contributed by atoms with Crippen LogP contribution in [-0.4, -0.2) is 12.5 Å². The Bertz CT molecular complexity index is 415. The first-order valence-corrected chi connectivity index (χ1v) is 7.47. The van der Waals surface area contributed by atoms with Crippen molar-refractivity contribution in [3.05, 3.63) is 29.8 Å². The topological polar surface area (TPSA) is 29.1 Å². The molecule has 0 saturated carbocycles. The molecule has 0 radical (unpaired) electrons. The SMILES string of the molecule is CCCCCC(C)(C)CNC(=O)c1ccccc1S. The zero-order valence-electron chi connectivity index (χ0n) is 12.2. The van der Waals surface area contributed by atoms with E-state index in [1.807, 2.05) is 24.3 Å². The molecule has 0 heterocycles. The van der Waals surface area contributed by atoms with Gasteiger partial charge in [0.05, 0.1) is 5.56 Å². The Kier molecular flexibility index (Phi) is 6.43. The molecule has 1 rings (SSSR count). The molecule has 0 fully saturated rings. The zero-order chi connectivity index (χ0) is 14.3. The van der Waals surface area contributed by atoms with E-state index in [1.165, 1.54) is 19.3 Å². The molecule has 1 N–H and O–H groups in total. The van der Waals surface area contributed by atoms with Crippen LogP contribution >= 0.6 is 12.6 Å². The number of benzene rings is 1. The van der Waals surface area contributed by atoms with Crippen LogP contribution < -0.4 is 5.32 Å². The third-order valence-corrected chi connectivity index (χ3v) is 3.72. The number of rotatable bonds is 7. The standard InChI is InChI=1S/C16H25NOS/c1-4-5-8-11-16(2,3)12-17-15(18)13-9-6-7-10-14(13)19/h6-7,9-10,19H,4-5,8,11-12H2,1-3H3,(H,17,18). The summed E-state index contributed by atoms with van der Waals surface area (Å²) in [5.74, 6) is -0.0332. The second kappa shape index (κ2) is 7.59. The molecule has 1 aromatic rings. The summed E-state index contributed by atoms with van der Waals surface area (Å²) in [4.78, 5) is 12.8. The van der Waals surface area contributed by atoms with Gasteiger partial charge in [-0.1, -0.05) is 52.2 Å². The van der Waals surface area contributed by atoms with E-state index in [4.69, 9.17) is 0 Å². The van der Waals surface area contributed by atoms with Gasteiger partial charge in [0.15, 0.2) is 0 Å². The second-order valence-corrected chi connectivity index (χ2v) is 6.30. The highest BCUT2D eigenvalue weighted by atomic mass is 32.1. The van der Waals surface area contributed by atoms with Crippen LogP contribution in [0, 0.1) is 5.41 Å². The predicted molar refractivity (Wildman–Crippen MR) is 84.0 cm³/mol. The molecule has 0 aromatic heterocycles. The smallest absolute Gasteiger partial charge is 0.252 e. The molecular weight excluding hydrogens is 254 g/mol. The summed E-state index contributed by atoms with van der Waals surface area (Å²) >= 11 is 4.31. The molecular formula is C16H25NOS. The van der Waals surface area contributed by atoms with Crippen LogP contribution in [0.25, 0.3) is 0 Å². The summed E-state index contributed by atoms with van der Waals surface area (Å²) in [5, 5.41) is 3.02. The first kappa shape index (κ1) is 16.1. The lowest BCUT2D eigenvalue weighted by molar-refractivity contribution is 0.0931. The van der Waals surface area contributed by atoms with Crippen molar-refractivity contribution in [1.29, 1.82) is 0 Å². The predicted octanol–water partition coefficient (Wildman–Crippen LogP) is 4.31. The van der Waals surface area contributed by atoms with Gasteiger partial charge >= 0.3 is 0 Å². The fraction of sp³-hybridized carbons (Fsp3) is 0.562. The monoisotopic (exact) mass is 279 g/mol. The normalized spacial score (nSPS) is 11.4. The highest BCUT2D eigenvalue weighted by molar-refractivity contribution is 7.80. The highest BCUT2D eigenvalue weighted by Crippen LogP contribution is 2.23. The van der Waals surface area contributed by atoms with Gasteiger partial charge in [-0.2, -0.15) is 0 Å². The fourth-order valence-corrected chi connectivity index (χ4v) is 2.28. The number of carbonyl (C=O) groups is 1. The first-order valence-electron chi connectivity index (χ1n) is 7.02. The molecule has 0 aliphatic carbocycles. The van der Waals surface area contributed by atoms with Crippen LogP contribution in [0.4, 0.5) is 0 Å². The Morgan fingerprint density at radius 2 is 1.95 bits per heavy atom. The molecule has 2 nitrogen and oxygen atoms in total. The Morgan fingerprint density at radius 1 is 1.26 bits per heavy atom. The Hall–Kier alpha value is -0.960. The largest absolute Gasteiger partial charge is 0.351 e. The van der Waals surface area contributed by atoms with E-state index in [0.717, 1.165) is 11.3 Å². The number of nitrogens with one attached hydrogen (secondary N) is 1. The number of carbonyl (C=O) groups excluding carboxylic acids is 1. The minimum absolute atomic E-state index is 0.0332. The maximum atomic E-state index is 12.1. The van der Waals surface area contributed by atoms with E-state index >= 15 is 0 Å². The van der Waals surface area contributed by atoms with Crippen molar-refractivity contribution in [2.24, 2.45) is 5.41 Å². The van der Waals surface area contributed by atoms with Gasteiger partial charge in [0, 0.05) is 11.4 Å². The summed E-state index contributed by atoms with van der Waals surface area (Å²) in [6, 6.07) is 7.39. The lowest BCUT2D eigenvalue weighted by atomic mass is 9.87. The fourth-order valence-electron chi connectivity index (χ4n) is 2.02. The molecule has 19 heavy (non-hydrogen) atoms. The summed E-state index contributed by atoms with van der Waals surface area (Å²) in [6.07, 6.45) is 4.86. The summed E-state index contributed by atoms with van der Waals surface area (Å²) < 4.78 is 0. The molecule has 3 heteroatoms. The molecule has 0 bridgehead atoms. The molecule has 0 saturated heterocycles. The maximum absolute atomic E-state index is 12.1. The quantitative estimate of drug-likeness (QED) is 0.565. The summed E-state index contributed by atoms with van der Waals surface area (Å²) in [7, 11) is 0. The maximum Gasteiger partial charge on any atom is 0.252 e. The van der Waals surface area contributed by atoms with Gasteiger partial charge in [0.1, 0.15) is 0 Å². The van der Waals surface area contributed by atoms with Crippen molar-refractivity contribution in [1.82, 2.24) is 5.32 Å². The van der Waals surface area contributed by atoms with Crippen molar-refractivity contribution >= 4 is 18.5 Å². The van der Waals surface area contributed by atoms with Gasteiger partial charge in [-0.05, 0) is 24.0 Å². The highest BCUT2D eigenvalue weighted by Gasteiger charge is 2.19. The minimum Gasteiger partial charge on any atom is -0.351 e. The van der Waals surface area contributed by atoms with Gasteiger partial charge in [0.2, 0.25) is 0 Å². The van der Waals surface area contributed by atoms with Crippen LogP contribution in [0.2, 0.25) is 0 Å². The lowest BCUT2D eigenvalue weighted by Gasteiger charge is -2.25. The van der Waals surface area contributed by atoms with Crippen LogP contribution in [0.3, 0.4) is 0 Å². The molecule has 0 atom stereocenters. The van der Waals surface area contributed by atoms with Gasteiger partial charge in [-0.3, -0.25) is 4.79 Å². The van der Waals surface area contributed by atoms with Crippen molar-refractivity contribution < 1.29 is 4.79 Å². The molecule has 0 spiro atoms. The number of amides is 1. The Balaban J connectivity index is 2.47. The van der Waals surface area contributed by atoms with Crippen molar-refractivity contribution in [3.63, 3.8) is 0 Å². The molecule has 1 aromatic carbocycles. The van der Waals surface area contributed by atoms with E-state index in [0.29, 0.717) is 12.1 Å². The van der Waals surface area contributed by atoms with E-state index in [1.54, 1.807) is 0 Å². The van der Waals surface area contributed by atoms with E-state index < -0.39 is 0 Å². The number of hydrogen-bond acceptors (Lipinski definition) is 2. The average molecular weight is 279 g/mol. The van der Waals surface area contributed by atoms with Crippen molar-refractivity contribution in [3.8, 4) is 0 Å². The van der Waals surface area contributed by atoms with Crippen molar-refractivity contribution in [2.45, 2.75) is 51.3 Å². The lowest BCUT2D eigenvalue weighted by Crippen LogP contribution is -2.34. The Labute approximate surface area is 122 Å². The third-order valence-electron chi connectivity index (χ3n) is 3.33. The van der Waals surface area contributed by atoms with E-state index in [2.05, 4.69) is 38.7 Å². The van der Waals surface area contributed by atoms with Crippen LogP contribution in [-0.2, 0) is 0 Å². The number of hydrogen-bond donors (Lipinski definition) is 2. The average Bonchev–Trinajstić information content (AvgIpc) is 2.37. The summed E-state index contributed by atoms with van der Waals surface area (Å²) in [6.45, 7) is 7.32. The molecule has 0 aliphatic heterocycles. The number of unbranched alkanes of at least 4 members (excludes halogenated alkanes) is 2. The third kappa shape index (κ3) is 5.68. The van der Waals surface area contributed by atoms with Crippen LogP contribution in [0.15, 0.2) is 29.2 Å². The van der Waals surface area contributed by atoms with Gasteiger partial charge < -0.3 is 5.32 Å². The Morgan fingerprint density at radius 3 is 2.58 bits per heavy atom. The second-order valence-electron chi connectivity index (χ2n) is 5.82. The van der Waals surface area contributed by atoms with Crippen molar-refractivity contribution in [2.75, 3.05) is 6.54 Å². The van der Waals surface area contributed by atoms with Gasteiger partial charge in [-0.15, -0.1) is 12.6 Å².